The van der Waals surface area contributed by atoms with Gasteiger partial charge in [0.05, 0.1) is 18.7 Å². The smallest absolute Gasteiger partial charge is 0.258 e. The van der Waals surface area contributed by atoms with Crippen molar-refractivity contribution in [2.45, 2.75) is 33.2 Å². The molecule has 0 saturated heterocycles. The lowest BCUT2D eigenvalue weighted by Gasteiger charge is -2.37. The lowest BCUT2D eigenvalue weighted by molar-refractivity contribution is 0.404. The number of benzene rings is 3. The van der Waals surface area contributed by atoms with Gasteiger partial charge in [0, 0.05) is 16.9 Å². The number of aromatic nitrogens is 2. The monoisotopic (exact) mass is 496 g/mol. The summed E-state index contributed by atoms with van der Waals surface area (Å²) in [6.07, 6.45) is 0.980. The summed E-state index contributed by atoms with van der Waals surface area (Å²) >= 11 is 5.84. The molecule has 5 rings (SSSR count). The molecule has 0 aliphatic carbocycles. The molecule has 1 atom stereocenters. The first kappa shape index (κ1) is 23.8. The second kappa shape index (κ2) is 9.95. The van der Waals surface area contributed by atoms with Crippen LogP contribution in [0.15, 0.2) is 83.0 Å². The molecule has 0 spiro atoms. The predicted molar refractivity (Wildman–Crippen MR) is 147 cm³/mol. The molecule has 4 aromatic rings. The highest BCUT2D eigenvalue weighted by Gasteiger charge is 2.34. The zero-order chi connectivity index (χ0) is 25.2. The highest BCUT2D eigenvalue weighted by molar-refractivity contribution is 7.80. The molecule has 0 radical (unpaired) electrons. The van der Waals surface area contributed by atoms with Crippen molar-refractivity contribution in [3.8, 4) is 17.1 Å². The maximum absolute atomic E-state index is 5.87. The van der Waals surface area contributed by atoms with Crippen molar-refractivity contribution in [1.29, 1.82) is 0 Å². The van der Waals surface area contributed by atoms with Crippen LogP contribution in [-0.2, 0) is 6.42 Å². The highest BCUT2D eigenvalue weighted by atomic mass is 32.1. The van der Waals surface area contributed by atoms with Gasteiger partial charge in [0.15, 0.2) is 5.11 Å². The highest BCUT2D eigenvalue weighted by Crippen LogP contribution is 2.39. The molecule has 3 aromatic carbocycles. The maximum Gasteiger partial charge on any atom is 0.258 e. The van der Waals surface area contributed by atoms with Crippen LogP contribution in [0.5, 0.6) is 5.75 Å². The van der Waals surface area contributed by atoms with Crippen LogP contribution in [0.25, 0.3) is 17.0 Å². The Morgan fingerprint density at radius 1 is 0.972 bits per heavy atom. The summed E-state index contributed by atoms with van der Waals surface area (Å²) in [5.41, 5.74) is 7.15. The number of thiocarbonyl (C=S) groups is 1. The molecule has 0 fully saturated rings. The first-order valence-corrected chi connectivity index (χ1v) is 12.3. The third kappa shape index (κ3) is 4.50. The summed E-state index contributed by atoms with van der Waals surface area (Å²) in [5, 5.41) is 8.43. The van der Waals surface area contributed by atoms with Crippen LogP contribution in [0.2, 0.25) is 0 Å². The normalized spacial score (nSPS) is 15.7. The molecule has 182 valence electrons. The fourth-order valence-corrected chi connectivity index (χ4v) is 4.77. The van der Waals surface area contributed by atoms with E-state index in [-0.39, 0.29) is 6.04 Å². The zero-order valence-corrected chi connectivity index (χ0v) is 21.6. The van der Waals surface area contributed by atoms with Crippen molar-refractivity contribution in [1.82, 2.24) is 15.5 Å². The number of rotatable bonds is 6. The van der Waals surface area contributed by atoms with Crippen molar-refractivity contribution in [2.24, 2.45) is 0 Å². The van der Waals surface area contributed by atoms with Gasteiger partial charge >= 0.3 is 0 Å². The topological polar surface area (TPSA) is 63.4 Å². The summed E-state index contributed by atoms with van der Waals surface area (Å²) in [6.45, 7) is 6.24. The van der Waals surface area contributed by atoms with Crippen LogP contribution in [0.3, 0.4) is 0 Å². The Bertz CT molecular complexity index is 1410. The first-order chi connectivity index (χ1) is 17.5. The van der Waals surface area contributed by atoms with Crippen molar-refractivity contribution in [3.63, 3.8) is 0 Å². The van der Waals surface area contributed by atoms with Crippen LogP contribution >= 0.6 is 12.2 Å². The van der Waals surface area contributed by atoms with Gasteiger partial charge in [0.1, 0.15) is 5.75 Å². The number of ether oxygens (including phenoxy) is 1. The fraction of sp³-hybridized carbons (Fsp3) is 0.207. The minimum Gasteiger partial charge on any atom is -0.497 e. The second-order valence-electron chi connectivity index (χ2n) is 8.80. The summed E-state index contributed by atoms with van der Waals surface area (Å²) < 4.78 is 11.2. The molecule has 6 nitrogen and oxygen atoms in total. The van der Waals surface area contributed by atoms with Gasteiger partial charge in [0.2, 0.25) is 5.82 Å². The van der Waals surface area contributed by atoms with Crippen LogP contribution < -0.4 is 15.0 Å². The summed E-state index contributed by atoms with van der Waals surface area (Å²) in [4.78, 5) is 6.83. The number of anilines is 1. The zero-order valence-electron chi connectivity index (χ0n) is 20.8. The van der Waals surface area contributed by atoms with Crippen molar-refractivity contribution in [2.75, 3.05) is 12.0 Å². The van der Waals surface area contributed by atoms with Crippen LogP contribution in [0.1, 0.15) is 42.5 Å². The van der Waals surface area contributed by atoms with Crippen molar-refractivity contribution >= 4 is 28.6 Å². The number of hydrogen-bond acceptors (Lipinski definition) is 5. The molecular weight excluding hydrogens is 468 g/mol. The molecule has 1 aliphatic rings. The van der Waals surface area contributed by atoms with E-state index in [1.54, 1.807) is 7.11 Å². The van der Waals surface area contributed by atoms with E-state index in [0.29, 0.717) is 16.8 Å². The third-order valence-electron chi connectivity index (χ3n) is 6.50. The molecule has 1 aromatic heterocycles. The van der Waals surface area contributed by atoms with E-state index in [9.17, 15) is 0 Å². The lowest BCUT2D eigenvalue weighted by atomic mass is 9.94. The molecule has 0 saturated carbocycles. The SMILES string of the molecule is CCc1ccc(-c2noc(C3=C(C)N(c4ccc(C)cc4)C(=S)NC3c3ccc(OC)cc3)n2)cc1. The Balaban J connectivity index is 1.62. The fourth-order valence-electron chi connectivity index (χ4n) is 4.41. The number of aryl methyl sites for hydroxylation is 2. The van der Waals surface area contributed by atoms with E-state index in [2.05, 4.69) is 60.7 Å². The Kier molecular flexibility index (Phi) is 6.57. The average Bonchev–Trinajstić information content (AvgIpc) is 3.39. The molecule has 7 heteroatoms. The minimum atomic E-state index is -0.263. The molecular formula is C29H28N4O2S. The van der Waals surface area contributed by atoms with Gasteiger partial charge in [-0.15, -0.1) is 0 Å². The van der Waals surface area contributed by atoms with Crippen LogP contribution in [-0.4, -0.2) is 22.4 Å². The van der Waals surface area contributed by atoms with Gasteiger partial charge in [0.25, 0.3) is 5.89 Å². The quantitative estimate of drug-likeness (QED) is 0.306. The first-order valence-electron chi connectivity index (χ1n) is 11.9. The van der Waals surface area contributed by atoms with Gasteiger partial charge in [-0.05, 0) is 67.9 Å². The molecule has 1 N–H and O–H groups in total. The van der Waals surface area contributed by atoms with E-state index < -0.39 is 0 Å². The van der Waals surface area contributed by atoms with E-state index in [1.165, 1.54) is 11.1 Å². The van der Waals surface area contributed by atoms with E-state index in [1.807, 2.05) is 48.2 Å². The van der Waals surface area contributed by atoms with Gasteiger partial charge in [-0.1, -0.05) is 66.2 Å². The van der Waals surface area contributed by atoms with E-state index >= 15 is 0 Å². The lowest BCUT2D eigenvalue weighted by Crippen LogP contribution is -2.46. The third-order valence-corrected chi connectivity index (χ3v) is 6.80. The number of methoxy groups -OCH3 is 1. The molecule has 0 bridgehead atoms. The van der Waals surface area contributed by atoms with Crippen LogP contribution in [0, 0.1) is 6.92 Å². The van der Waals surface area contributed by atoms with Crippen LogP contribution in [0.4, 0.5) is 5.69 Å². The van der Waals surface area contributed by atoms with E-state index in [4.69, 9.17) is 26.5 Å². The predicted octanol–water partition coefficient (Wildman–Crippen LogP) is 6.48. The Morgan fingerprint density at radius 3 is 2.31 bits per heavy atom. The van der Waals surface area contributed by atoms with Gasteiger partial charge in [-0.3, -0.25) is 4.90 Å². The second-order valence-corrected chi connectivity index (χ2v) is 9.19. The van der Waals surface area contributed by atoms with Crippen molar-refractivity contribution in [3.05, 3.63) is 101 Å². The summed E-state index contributed by atoms with van der Waals surface area (Å²) in [5.74, 6) is 1.79. The number of hydrogen-bond donors (Lipinski definition) is 1. The van der Waals surface area contributed by atoms with E-state index in [0.717, 1.165) is 40.3 Å². The Morgan fingerprint density at radius 2 is 1.67 bits per heavy atom. The molecule has 1 unspecified atom stereocenters. The van der Waals surface area contributed by atoms with Gasteiger partial charge in [-0.25, -0.2) is 0 Å². The Labute approximate surface area is 216 Å². The number of nitrogens with one attached hydrogen (secondary N) is 1. The Hall–Kier alpha value is -3.97. The number of nitrogens with zero attached hydrogens (tertiary/aromatic N) is 3. The number of allylic oxidation sites excluding steroid dienone is 1. The summed E-state index contributed by atoms with van der Waals surface area (Å²) in [7, 11) is 1.66. The summed E-state index contributed by atoms with van der Waals surface area (Å²) in [6, 6.07) is 24.2. The minimum absolute atomic E-state index is 0.263. The largest absolute Gasteiger partial charge is 0.497 e. The van der Waals surface area contributed by atoms with Gasteiger partial charge in [-0.2, -0.15) is 4.98 Å². The maximum atomic E-state index is 5.87. The molecule has 2 heterocycles. The van der Waals surface area contributed by atoms with Crippen molar-refractivity contribution < 1.29 is 9.26 Å². The standard InChI is InChI=1S/C29H28N4O2S/c1-5-20-8-10-22(11-9-20)27-31-28(35-32-27)25-19(3)33(23-14-6-18(2)7-15-23)29(36)30-26(25)21-12-16-24(34-4)17-13-21/h6-17,26H,5H2,1-4H3,(H,30,36). The average molecular weight is 497 g/mol. The molecule has 0 amide bonds. The molecule has 36 heavy (non-hydrogen) atoms. The van der Waals surface area contributed by atoms with Gasteiger partial charge < -0.3 is 14.6 Å². The molecule has 1 aliphatic heterocycles.